The highest BCUT2D eigenvalue weighted by molar-refractivity contribution is 14.1. The Balaban J connectivity index is 2.03. The number of carbonyl (C=O) groups is 2. The molecule has 0 aliphatic rings. The summed E-state index contributed by atoms with van der Waals surface area (Å²) in [5, 5.41) is 4.02. The van der Waals surface area contributed by atoms with Crippen molar-refractivity contribution in [1.29, 1.82) is 0 Å². The highest BCUT2D eigenvalue weighted by Crippen LogP contribution is 2.34. The zero-order chi connectivity index (χ0) is 21.9. The lowest BCUT2D eigenvalue weighted by Gasteiger charge is -2.14. The van der Waals surface area contributed by atoms with Gasteiger partial charge in [0.1, 0.15) is 0 Å². The second-order valence-corrected chi connectivity index (χ2v) is 8.03. The van der Waals surface area contributed by atoms with Gasteiger partial charge in [0.15, 0.2) is 18.1 Å². The fraction of sp³-hybridized carbons (Fsp3) is 0.286. The first-order valence-electron chi connectivity index (χ1n) is 9.24. The van der Waals surface area contributed by atoms with Crippen LogP contribution in [0.25, 0.3) is 0 Å². The molecule has 0 spiro atoms. The molecule has 30 heavy (non-hydrogen) atoms. The minimum absolute atomic E-state index is 0.205. The molecule has 0 saturated carbocycles. The number of hydrazone groups is 1. The topological polar surface area (TPSA) is 86.2 Å². The molecule has 7 nitrogen and oxygen atoms in total. The van der Waals surface area contributed by atoms with E-state index in [0.29, 0.717) is 24.7 Å². The molecule has 0 saturated heterocycles. The third kappa shape index (κ3) is 7.94. The first-order chi connectivity index (χ1) is 14.4. The van der Waals surface area contributed by atoms with Gasteiger partial charge in [-0.3, -0.25) is 4.79 Å². The predicted octanol–water partition coefficient (Wildman–Crippen LogP) is 4.09. The van der Waals surface area contributed by atoms with E-state index in [1.165, 1.54) is 6.21 Å². The lowest BCUT2D eigenvalue weighted by Crippen LogP contribution is -2.19. The minimum atomic E-state index is -0.449. The summed E-state index contributed by atoms with van der Waals surface area (Å²) < 4.78 is 17.8. The maximum Gasteiger partial charge on any atom is 0.344 e. The van der Waals surface area contributed by atoms with Gasteiger partial charge in [0, 0.05) is 4.47 Å². The Morgan fingerprint density at radius 2 is 1.87 bits per heavy atom. The van der Waals surface area contributed by atoms with Crippen LogP contribution in [0.1, 0.15) is 25.0 Å². The number of amides is 1. The van der Waals surface area contributed by atoms with E-state index in [0.717, 1.165) is 19.2 Å². The first-order valence-corrected chi connectivity index (χ1v) is 11.1. The number of benzene rings is 2. The molecule has 0 unspecified atom stereocenters. The molecule has 2 aromatic rings. The highest BCUT2D eigenvalue weighted by atomic mass is 127. The van der Waals surface area contributed by atoms with Crippen LogP contribution in [0.3, 0.4) is 0 Å². The molecule has 1 N–H and O–H groups in total. The normalized spacial score (nSPS) is 10.7. The smallest absolute Gasteiger partial charge is 0.344 e. The Labute approximate surface area is 197 Å². The molecule has 0 fully saturated rings. The third-order valence-electron chi connectivity index (χ3n) is 3.65. The fourth-order valence-corrected chi connectivity index (χ4v) is 3.45. The molecule has 9 heteroatoms. The number of rotatable bonds is 10. The number of carbonyl (C=O) groups excluding carboxylic acids is 2. The van der Waals surface area contributed by atoms with Crippen molar-refractivity contribution in [3.63, 3.8) is 0 Å². The van der Waals surface area contributed by atoms with Crippen LogP contribution in [0.5, 0.6) is 11.5 Å². The van der Waals surface area contributed by atoms with Crippen molar-refractivity contribution in [3.8, 4) is 11.5 Å². The van der Waals surface area contributed by atoms with Crippen LogP contribution < -0.4 is 14.9 Å². The molecular formula is C21H22BrIN2O5. The van der Waals surface area contributed by atoms with E-state index < -0.39 is 5.97 Å². The number of hydrogen-bond donors (Lipinski definition) is 1. The van der Waals surface area contributed by atoms with Gasteiger partial charge in [-0.25, -0.2) is 10.2 Å². The van der Waals surface area contributed by atoms with E-state index >= 15 is 0 Å². The van der Waals surface area contributed by atoms with Gasteiger partial charge >= 0.3 is 5.97 Å². The summed E-state index contributed by atoms with van der Waals surface area (Å²) in [4.78, 5) is 23.6. The molecule has 0 radical (unpaired) electrons. The minimum Gasteiger partial charge on any atom is -0.490 e. The van der Waals surface area contributed by atoms with E-state index in [9.17, 15) is 9.59 Å². The van der Waals surface area contributed by atoms with Crippen molar-refractivity contribution in [2.45, 2.75) is 20.3 Å². The van der Waals surface area contributed by atoms with Crippen molar-refractivity contribution < 1.29 is 23.8 Å². The van der Waals surface area contributed by atoms with Gasteiger partial charge in [0.25, 0.3) is 0 Å². The van der Waals surface area contributed by atoms with Crippen LogP contribution in [0, 0.1) is 3.57 Å². The third-order valence-corrected chi connectivity index (χ3v) is 4.98. The number of hydrogen-bond acceptors (Lipinski definition) is 6. The Hall–Kier alpha value is -2.14. The Morgan fingerprint density at radius 1 is 1.13 bits per heavy atom. The molecule has 0 atom stereocenters. The van der Waals surface area contributed by atoms with E-state index in [2.05, 4.69) is 49.0 Å². The van der Waals surface area contributed by atoms with Crippen molar-refractivity contribution in [2.75, 3.05) is 19.8 Å². The second-order valence-electron chi connectivity index (χ2n) is 5.95. The lowest BCUT2D eigenvalue weighted by atomic mass is 10.1. The van der Waals surface area contributed by atoms with Crippen LogP contribution in [0.2, 0.25) is 0 Å². The summed E-state index contributed by atoms with van der Waals surface area (Å²) in [6, 6.07) is 11.1. The molecule has 2 aromatic carbocycles. The number of nitrogens with one attached hydrogen (secondary N) is 1. The molecule has 0 bridgehead atoms. The van der Waals surface area contributed by atoms with Gasteiger partial charge < -0.3 is 14.2 Å². The second kappa shape index (κ2) is 12.5. The van der Waals surface area contributed by atoms with E-state index in [1.807, 2.05) is 37.3 Å². The van der Waals surface area contributed by atoms with E-state index in [4.69, 9.17) is 14.2 Å². The van der Waals surface area contributed by atoms with E-state index in [1.54, 1.807) is 13.0 Å². The molecule has 0 heterocycles. The Bertz CT molecular complexity index is 903. The lowest BCUT2D eigenvalue weighted by molar-refractivity contribution is -0.145. The maximum absolute atomic E-state index is 12.1. The molecule has 0 aliphatic carbocycles. The number of ether oxygens (including phenoxy) is 3. The summed E-state index contributed by atoms with van der Waals surface area (Å²) in [5.74, 6) is 0.274. The molecule has 2 rings (SSSR count). The average molecular weight is 589 g/mol. The Kier molecular flexibility index (Phi) is 10.1. The molecule has 0 aliphatic heterocycles. The van der Waals surface area contributed by atoms with Crippen LogP contribution in [-0.2, 0) is 20.7 Å². The fourth-order valence-electron chi connectivity index (χ4n) is 2.41. The molecular weight excluding hydrogens is 567 g/mol. The quantitative estimate of drug-likeness (QED) is 0.196. The zero-order valence-electron chi connectivity index (χ0n) is 16.6. The van der Waals surface area contributed by atoms with Crippen LogP contribution in [-0.4, -0.2) is 37.9 Å². The first kappa shape index (κ1) is 24.1. The van der Waals surface area contributed by atoms with Gasteiger partial charge in [-0.1, -0.05) is 28.1 Å². The monoisotopic (exact) mass is 588 g/mol. The predicted molar refractivity (Wildman–Crippen MR) is 126 cm³/mol. The van der Waals surface area contributed by atoms with Crippen molar-refractivity contribution in [2.24, 2.45) is 5.10 Å². The van der Waals surface area contributed by atoms with Crippen molar-refractivity contribution >= 4 is 56.6 Å². The summed E-state index contributed by atoms with van der Waals surface area (Å²) >= 11 is 5.46. The van der Waals surface area contributed by atoms with Gasteiger partial charge in [-0.2, -0.15) is 5.10 Å². The highest BCUT2D eigenvalue weighted by Gasteiger charge is 2.14. The van der Waals surface area contributed by atoms with Crippen molar-refractivity contribution in [1.82, 2.24) is 5.43 Å². The van der Waals surface area contributed by atoms with Gasteiger partial charge in [-0.15, -0.1) is 0 Å². The zero-order valence-corrected chi connectivity index (χ0v) is 20.4. The van der Waals surface area contributed by atoms with Crippen LogP contribution >= 0.6 is 38.5 Å². The molecule has 160 valence electrons. The molecule has 1 amide bonds. The largest absolute Gasteiger partial charge is 0.490 e. The standard InChI is InChI=1S/C21H22BrIN2O5/c1-3-28-18-10-15(9-17(23)21(18)30-13-20(27)29-4-2)12-24-25-19(26)11-14-5-7-16(22)8-6-14/h5-10,12H,3-4,11,13H2,1-2H3,(H,25,26)/b24-12+. The van der Waals surface area contributed by atoms with Crippen molar-refractivity contribution in [3.05, 3.63) is 55.6 Å². The Morgan fingerprint density at radius 3 is 2.53 bits per heavy atom. The number of nitrogens with zero attached hydrogens (tertiary/aromatic N) is 1. The van der Waals surface area contributed by atoms with Gasteiger partial charge in [0.05, 0.1) is 29.4 Å². The van der Waals surface area contributed by atoms with Crippen LogP contribution in [0.15, 0.2) is 46.0 Å². The average Bonchev–Trinajstić information content (AvgIpc) is 2.69. The summed E-state index contributed by atoms with van der Waals surface area (Å²) in [6.07, 6.45) is 1.76. The molecule has 0 aromatic heterocycles. The summed E-state index contributed by atoms with van der Waals surface area (Å²) in [6.45, 7) is 4.10. The van der Waals surface area contributed by atoms with Gasteiger partial charge in [-0.05, 0) is 71.8 Å². The number of esters is 1. The maximum atomic E-state index is 12.1. The number of halogens is 2. The summed E-state index contributed by atoms with van der Waals surface area (Å²) in [7, 11) is 0. The summed E-state index contributed by atoms with van der Waals surface area (Å²) in [5.41, 5.74) is 4.13. The SMILES string of the molecule is CCOC(=O)COc1c(I)cc(/C=N/NC(=O)Cc2ccc(Br)cc2)cc1OCC. The van der Waals surface area contributed by atoms with Crippen LogP contribution in [0.4, 0.5) is 0 Å². The van der Waals surface area contributed by atoms with E-state index in [-0.39, 0.29) is 18.9 Å². The van der Waals surface area contributed by atoms with Gasteiger partial charge in [0.2, 0.25) is 5.91 Å².